The fourth-order valence-corrected chi connectivity index (χ4v) is 1.96. The van der Waals surface area contributed by atoms with Crippen molar-refractivity contribution in [3.63, 3.8) is 0 Å². The largest absolute Gasteiger partial charge is 0.369 e. The van der Waals surface area contributed by atoms with Gasteiger partial charge in [-0.3, -0.25) is 9.97 Å². The average Bonchev–Trinajstić information content (AvgIpc) is 3.01. The molecule has 0 aliphatic heterocycles. The van der Waals surface area contributed by atoms with Crippen LogP contribution in [-0.4, -0.2) is 43.1 Å². The zero-order valence-electron chi connectivity index (χ0n) is 11.5. The predicted molar refractivity (Wildman–Crippen MR) is 77.6 cm³/mol. The van der Waals surface area contributed by atoms with Crippen LogP contribution >= 0.6 is 0 Å². The Morgan fingerprint density at radius 1 is 1.10 bits per heavy atom. The van der Waals surface area contributed by atoms with Gasteiger partial charge in [0.15, 0.2) is 5.65 Å². The van der Waals surface area contributed by atoms with Gasteiger partial charge in [-0.1, -0.05) is 6.07 Å². The van der Waals surface area contributed by atoms with Crippen LogP contribution in [0.4, 0.5) is 5.82 Å². The van der Waals surface area contributed by atoms with Gasteiger partial charge in [0, 0.05) is 25.5 Å². The van der Waals surface area contributed by atoms with Crippen LogP contribution in [0.3, 0.4) is 0 Å². The number of fused-ring (bicyclic) bond motifs is 1. The van der Waals surface area contributed by atoms with Crippen molar-refractivity contribution in [3.05, 3.63) is 42.5 Å². The molecule has 0 spiro atoms. The lowest BCUT2D eigenvalue weighted by Crippen LogP contribution is -2.18. The van der Waals surface area contributed by atoms with E-state index in [1.54, 1.807) is 23.1 Å². The molecular weight excluding hydrogens is 268 g/mol. The summed E-state index contributed by atoms with van der Waals surface area (Å²) in [6, 6.07) is 4.00. The molecule has 0 aromatic carbocycles. The van der Waals surface area contributed by atoms with E-state index in [0.717, 1.165) is 31.9 Å². The monoisotopic (exact) mass is 284 g/mol. The number of anilines is 1. The van der Waals surface area contributed by atoms with Gasteiger partial charge in [-0.05, 0) is 35.0 Å². The van der Waals surface area contributed by atoms with E-state index in [1.807, 2.05) is 12.3 Å². The third-order valence-corrected chi connectivity index (χ3v) is 3.00. The van der Waals surface area contributed by atoms with Gasteiger partial charge < -0.3 is 10.6 Å². The molecule has 0 atom stereocenters. The SMILES string of the molecule is c1cncc(CNCCCNc2cncc3nnnn23)c1. The lowest BCUT2D eigenvalue weighted by atomic mass is 10.3. The van der Waals surface area contributed by atoms with E-state index in [-0.39, 0.29) is 0 Å². The quantitative estimate of drug-likeness (QED) is 0.610. The van der Waals surface area contributed by atoms with Gasteiger partial charge in [0.25, 0.3) is 0 Å². The molecule has 0 amide bonds. The van der Waals surface area contributed by atoms with Crippen molar-refractivity contribution in [2.24, 2.45) is 0 Å². The summed E-state index contributed by atoms with van der Waals surface area (Å²) in [4.78, 5) is 8.17. The molecule has 0 aliphatic carbocycles. The highest BCUT2D eigenvalue weighted by Gasteiger charge is 2.02. The summed E-state index contributed by atoms with van der Waals surface area (Å²) in [6.45, 7) is 2.57. The van der Waals surface area contributed by atoms with E-state index < -0.39 is 0 Å². The van der Waals surface area contributed by atoms with Crippen LogP contribution in [0.5, 0.6) is 0 Å². The fourth-order valence-electron chi connectivity index (χ4n) is 1.96. The molecule has 8 heteroatoms. The molecule has 3 aromatic rings. The van der Waals surface area contributed by atoms with Gasteiger partial charge in [0.05, 0.1) is 12.4 Å². The van der Waals surface area contributed by atoms with Crippen molar-refractivity contribution in [2.75, 3.05) is 18.4 Å². The molecule has 108 valence electrons. The second-order valence-corrected chi connectivity index (χ2v) is 4.56. The maximum atomic E-state index is 4.09. The molecule has 0 fully saturated rings. The zero-order valence-corrected chi connectivity index (χ0v) is 11.5. The number of tetrazole rings is 1. The second-order valence-electron chi connectivity index (χ2n) is 4.56. The molecule has 2 N–H and O–H groups in total. The summed E-state index contributed by atoms with van der Waals surface area (Å²) in [6.07, 6.45) is 7.97. The lowest BCUT2D eigenvalue weighted by Gasteiger charge is -2.07. The van der Waals surface area contributed by atoms with Crippen LogP contribution < -0.4 is 10.6 Å². The Bertz CT molecular complexity index is 681. The van der Waals surface area contributed by atoms with Crippen molar-refractivity contribution in [1.29, 1.82) is 0 Å². The average molecular weight is 284 g/mol. The van der Waals surface area contributed by atoms with E-state index in [1.165, 1.54) is 5.56 Å². The highest BCUT2D eigenvalue weighted by Crippen LogP contribution is 2.05. The molecule has 0 aliphatic rings. The van der Waals surface area contributed by atoms with Crippen molar-refractivity contribution in [1.82, 2.24) is 35.3 Å². The minimum atomic E-state index is 0.634. The summed E-state index contributed by atoms with van der Waals surface area (Å²) >= 11 is 0. The summed E-state index contributed by atoms with van der Waals surface area (Å²) in [5.74, 6) is 0.796. The Balaban J connectivity index is 1.40. The van der Waals surface area contributed by atoms with E-state index in [2.05, 4.69) is 42.2 Å². The predicted octanol–water partition coefficient (Wildman–Crippen LogP) is 0.506. The van der Waals surface area contributed by atoms with Gasteiger partial charge >= 0.3 is 0 Å². The number of hydrogen-bond donors (Lipinski definition) is 2. The summed E-state index contributed by atoms with van der Waals surface area (Å²) in [5.41, 5.74) is 1.82. The van der Waals surface area contributed by atoms with Crippen LogP contribution in [0.1, 0.15) is 12.0 Å². The Morgan fingerprint density at radius 2 is 2.10 bits per heavy atom. The van der Waals surface area contributed by atoms with E-state index in [9.17, 15) is 0 Å². The van der Waals surface area contributed by atoms with Crippen LogP contribution in [0.2, 0.25) is 0 Å². The molecule has 3 heterocycles. The summed E-state index contributed by atoms with van der Waals surface area (Å²) < 4.78 is 1.63. The number of hydrogen-bond acceptors (Lipinski definition) is 7. The maximum absolute atomic E-state index is 4.09. The number of nitrogens with one attached hydrogen (secondary N) is 2. The minimum absolute atomic E-state index is 0.634. The maximum Gasteiger partial charge on any atom is 0.199 e. The number of nitrogens with zero attached hydrogens (tertiary/aromatic N) is 6. The van der Waals surface area contributed by atoms with Crippen LogP contribution in [0.15, 0.2) is 36.9 Å². The normalized spacial score (nSPS) is 10.9. The van der Waals surface area contributed by atoms with Gasteiger partial charge in [0.1, 0.15) is 5.82 Å². The van der Waals surface area contributed by atoms with E-state index >= 15 is 0 Å². The molecule has 3 aromatic heterocycles. The molecule has 0 bridgehead atoms. The molecule has 8 nitrogen and oxygen atoms in total. The second kappa shape index (κ2) is 6.71. The first-order valence-electron chi connectivity index (χ1n) is 6.79. The molecular formula is C13H16N8. The van der Waals surface area contributed by atoms with Crippen LogP contribution in [0.25, 0.3) is 5.65 Å². The Morgan fingerprint density at radius 3 is 3.00 bits per heavy atom. The smallest absolute Gasteiger partial charge is 0.199 e. The summed E-state index contributed by atoms with van der Waals surface area (Å²) in [7, 11) is 0. The lowest BCUT2D eigenvalue weighted by molar-refractivity contribution is 0.660. The van der Waals surface area contributed by atoms with Crippen molar-refractivity contribution >= 4 is 11.5 Å². The number of aromatic nitrogens is 6. The van der Waals surface area contributed by atoms with Crippen molar-refractivity contribution < 1.29 is 0 Å². The number of rotatable bonds is 7. The Labute approximate surface area is 121 Å². The Hall–Kier alpha value is -2.61. The van der Waals surface area contributed by atoms with Crippen LogP contribution in [0, 0.1) is 0 Å². The molecule has 0 saturated heterocycles. The summed E-state index contributed by atoms with van der Waals surface area (Å²) in [5, 5.41) is 18.0. The standard InChI is InChI=1S/C13H16N8/c1-3-11(7-14-4-1)8-15-5-2-6-17-12-9-16-10-13-18-19-20-21(12)13/h1,3-4,7,9-10,15,17H,2,5-6,8H2. The molecule has 0 saturated carbocycles. The van der Waals surface area contributed by atoms with Crippen molar-refractivity contribution in [2.45, 2.75) is 13.0 Å². The van der Waals surface area contributed by atoms with E-state index in [0.29, 0.717) is 5.65 Å². The Kier molecular flexibility index (Phi) is 4.27. The molecule has 0 unspecified atom stereocenters. The molecule has 0 radical (unpaired) electrons. The molecule has 21 heavy (non-hydrogen) atoms. The van der Waals surface area contributed by atoms with Gasteiger partial charge in [-0.15, -0.1) is 5.10 Å². The highest BCUT2D eigenvalue weighted by molar-refractivity contribution is 5.43. The van der Waals surface area contributed by atoms with Gasteiger partial charge in [-0.25, -0.2) is 0 Å². The van der Waals surface area contributed by atoms with Crippen LogP contribution in [-0.2, 0) is 6.54 Å². The first kappa shape index (κ1) is 13.4. The fraction of sp³-hybridized carbons (Fsp3) is 0.308. The zero-order chi connectivity index (χ0) is 14.3. The van der Waals surface area contributed by atoms with Gasteiger partial charge in [0.2, 0.25) is 0 Å². The third-order valence-electron chi connectivity index (χ3n) is 3.00. The molecule has 3 rings (SSSR count). The number of pyridine rings is 1. The highest BCUT2D eigenvalue weighted by atomic mass is 15.5. The first-order chi connectivity index (χ1) is 10.4. The van der Waals surface area contributed by atoms with Crippen molar-refractivity contribution in [3.8, 4) is 0 Å². The first-order valence-corrected chi connectivity index (χ1v) is 6.79. The minimum Gasteiger partial charge on any atom is -0.369 e. The third kappa shape index (κ3) is 3.48. The van der Waals surface area contributed by atoms with Gasteiger partial charge in [-0.2, -0.15) is 4.52 Å². The topological polar surface area (TPSA) is 92.9 Å². The van der Waals surface area contributed by atoms with E-state index in [4.69, 9.17) is 0 Å².